The summed E-state index contributed by atoms with van der Waals surface area (Å²) in [5.41, 5.74) is 1.02. The van der Waals surface area contributed by atoms with Crippen molar-refractivity contribution in [2.75, 3.05) is 12.4 Å². The van der Waals surface area contributed by atoms with Gasteiger partial charge >= 0.3 is 0 Å². The first kappa shape index (κ1) is 14.2. The molecule has 2 aromatic rings. The first-order valence-electron chi connectivity index (χ1n) is 5.79. The average molecular weight is 299 g/mol. The molecule has 102 valence electrons. The highest BCUT2D eigenvalue weighted by Gasteiger charge is 2.11. The SMILES string of the molecule is COCc1nc(Cl)cc(NC(C)c2nc(C)cs2)n1. The van der Waals surface area contributed by atoms with Gasteiger partial charge in [-0.05, 0) is 13.8 Å². The van der Waals surface area contributed by atoms with Crippen LogP contribution in [0.15, 0.2) is 11.4 Å². The van der Waals surface area contributed by atoms with Gasteiger partial charge in [0.25, 0.3) is 0 Å². The van der Waals surface area contributed by atoms with Crippen molar-refractivity contribution >= 4 is 28.8 Å². The van der Waals surface area contributed by atoms with Crippen LogP contribution in [0.25, 0.3) is 0 Å². The van der Waals surface area contributed by atoms with Crippen LogP contribution < -0.4 is 5.32 Å². The van der Waals surface area contributed by atoms with Crippen molar-refractivity contribution in [3.8, 4) is 0 Å². The molecule has 0 bridgehead atoms. The van der Waals surface area contributed by atoms with Gasteiger partial charge in [0.05, 0.1) is 6.04 Å². The number of thiazole rings is 1. The molecule has 1 atom stereocenters. The number of rotatable bonds is 5. The molecule has 0 saturated heterocycles. The number of aryl methyl sites for hydroxylation is 1. The van der Waals surface area contributed by atoms with Gasteiger partial charge in [0.15, 0.2) is 5.82 Å². The van der Waals surface area contributed by atoms with Gasteiger partial charge in [0.1, 0.15) is 22.6 Å². The maximum absolute atomic E-state index is 5.96. The lowest BCUT2D eigenvalue weighted by Crippen LogP contribution is -2.09. The van der Waals surface area contributed by atoms with Gasteiger partial charge in [-0.1, -0.05) is 11.6 Å². The maximum atomic E-state index is 5.96. The van der Waals surface area contributed by atoms with E-state index in [1.165, 1.54) is 0 Å². The van der Waals surface area contributed by atoms with Crippen molar-refractivity contribution in [2.45, 2.75) is 26.5 Å². The van der Waals surface area contributed by atoms with Crippen LogP contribution in [0, 0.1) is 6.92 Å². The highest BCUT2D eigenvalue weighted by atomic mass is 35.5. The van der Waals surface area contributed by atoms with Crippen molar-refractivity contribution in [3.05, 3.63) is 33.1 Å². The average Bonchev–Trinajstić information content (AvgIpc) is 2.75. The van der Waals surface area contributed by atoms with E-state index in [9.17, 15) is 0 Å². The molecular weight excluding hydrogens is 284 g/mol. The third-order valence-electron chi connectivity index (χ3n) is 2.39. The summed E-state index contributed by atoms with van der Waals surface area (Å²) in [6, 6.07) is 1.76. The monoisotopic (exact) mass is 298 g/mol. The lowest BCUT2D eigenvalue weighted by atomic mass is 10.3. The Morgan fingerprint density at radius 2 is 2.21 bits per heavy atom. The van der Waals surface area contributed by atoms with Gasteiger partial charge in [-0.25, -0.2) is 15.0 Å². The number of halogens is 1. The smallest absolute Gasteiger partial charge is 0.158 e. The van der Waals surface area contributed by atoms with Crippen molar-refractivity contribution in [3.63, 3.8) is 0 Å². The van der Waals surface area contributed by atoms with E-state index in [2.05, 4.69) is 20.3 Å². The number of anilines is 1. The third kappa shape index (κ3) is 3.86. The zero-order valence-corrected chi connectivity index (χ0v) is 12.5. The summed E-state index contributed by atoms with van der Waals surface area (Å²) in [5, 5.41) is 6.70. The van der Waals surface area contributed by atoms with Crippen LogP contribution in [0.3, 0.4) is 0 Å². The second-order valence-electron chi connectivity index (χ2n) is 4.12. The Balaban J connectivity index is 2.14. The van der Waals surface area contributed by atoms with Crippen LogP contribution in [0.5, 0.6) is 0 Å². The molecule has 0 aliphatic carbocycles. The van der Waals surface area contributed by atoms with Gasteiger partial charge in [-0.15, -0.1) is 11.3 Å². The molecule has 2 heterocycles. The highest BCUT2D eigenvalue weighted by molar-refractivity contribution is 7.09. The summed E-state index contributed by atoms with van der Waals surface area (Å²) in [5.74, 6) is 1.23. The van der Waals surface area contributed by atoms with Crippen LogP contribution in [-0.4, -0.2) is 22.1 Å². The van der Waals surface area contributed by atoms with Crippen LogP contribution in [0.2, 0.25) is 5.15 Å². The van der Waals surface area contributed by atoms with E-state index in [4.69, 9.17) is 16.3 Å². The molecule has 0 amide bonds. The minimum Gasteiger partial charge on any atom is -0.377 e. The van der Waals surface area contributed by atoms with Gasteiger partial charge < -0.3 is 10.1 Å². The Morgan fingerprint density at radius 1 is 1.42 bits per heavy atom. The van der Waals surface area contributed by atoms with E-state index in [1.807, 2.05) is 19.2 Å². The van der Waals surface area contributed by atoms with E-state index >= 15 is 0 Å². The summed E-state index contributed by atoms with van der Waals surface area (Å²) in [7, 11) is 1.60. The molecule has 0 aliphatic heterocycles. The molecule has 2 aromatic heterocycles. The maximum Gasteiger partial charge on any atom is 0.158 e. The summed E-state index contributed by atoms with van der Waals surface area (Å²) >= 11 is 7.58. The fraction of sp³-hybridized carbons (Fsp3) is 0.417. The fourth-order valence-corrected chi connectivity index (χ4v) is 2.59. The van der Waals surface area contributed by atoms with Crippen molar-refractivity contribution in [2.24, 2.45) is 0 Å². The molecule has 5 nitrogen and oxygen atoms in total. The van der Waals surface area contributed by atoms with E-state index in [0.717, 1.165) is 10.7 Å². The van der Waals surface area contributed by atoms with E-state index in [0.29, 0.717) is 23.4 Å². The van der Waals surface area contributed by atoms with E-state index in [-0.39, 0.29) is 6.04 Å². The summed E-state index contributed by atoms with van der Waals surface area (Å²) in [6.45, 7) is 4.34. The Labute approximate surface area is 121 Å². The molecule has 0 aromatic carbocycles. The van der Waals surface area contributed by atoms with E-state index in [1.54, 1.807) is 24.5 Å². The second-order valence-corrected chi connectivity index (χ2v) is 5.40. The zero-order chi connectivity index (χ0) is 13.8. The Morgan fingerprint density at radius 3 is 2.84 bits per heavy atom. The zero-order valence-electron chi connectivity index (χ0n) is 11.0. The molecule has 0 fully saturated rings. The lowest BCUT2D eigenvalue weighted by molar-refractivity contribution is 0.178. The predicted octanol–water partition coefficient (Wildman–Crippen LogP) is 3.21. The number of aromatic nitrogens is 3. The second kappa shape index (κ2) is 6.27. The van der Waals surface area contributed by atoms with Gasteiger partial charge in [-0.3, -0.25) is 0 Å². The van der Waals surface area contributed by atoms with Crippen LogP contribution in [0.1, 0.15) is 29.5 Å². The topological polar surface area (TPSA) is 59.9 Å². The highest BCUT2D eigenvalue weighted by Crippen LogP contribution is 2.22. The number of hydrogen-bond acceptors (Lipinski definition) is 6. The molecule has 2 rings (SSSR count). The van der Waals surface area contributed by atoms with Gasteiger partial charge in [0.2, 0.25) is 0 Å². The molecule has 0 spiro atoms. The minimum atomic E-state index is 0.0695. The molecular formula is C12H15ClN4OS. The normalized spacial score (nSPS) is 12.4. The molecule has 7 heteroatoms. The number of ether oxygens (including phenoxy) is 1. The number of nitrogens with zero attached hydrogens (tertiary/aromatic N) is 3. The molecule has 0 aliphatic rings. The largest absolute Gasteiger partial charge is 0.377 e. The third-order valence-corrected chi connectivity index (χ3v) is 3.73. The van der Waals surface area contributed by atoms with Gasteiger partial charge in [0, 0.05) is 24.3 Å². The first-order valence-corrected chi connectivity index (χ1v) is 7.05. The summed E-state index contributed by atoms with van der Waals surface area (Å²) in [4.78, 5) is 12.9. The van der Waals surface area contributed by atoms with Gasteiger partial charge in [-0.2, -0.15) is 0 Å². The first-order chi connectivity index (χ1) is 9.08. The molecule has 0 radical (unpaired) electrons. The Kier molecular flexibility index (Phi) is 4.68. The predicted molar refractivity (Wildman–Crippen MR) is 76.6 cm³/mol. The van der Waals surface area contributed by atoms with Crippen molar-refractivity contribution in [1.29, 1.82) is 0 Å². The Hall–Kier alpha value is -1.24. The van der Waals surface area contributed by atoms with Crippen LogP contribution in [0.4, 0.5) is 5.82 Å². The quantitative estimate of drug-likeness (QED) is 0.859. The Bertz CT molecular complexity index is 560. The number of nitrogens with one attached hydrogen (secondary N) is 1. The fourth-order valence-electron chi connectivity index (χ4n) is 1.59. The van der Waals surface area contributed by atoms with Crippen LogP contribution in [-0.2, 0) is 11.3 Å². The van der Waals surface area contributed by atoms with E-state index < -0.39 is 0 Å². The molecule has 1 N–H and O–H groups in total. The van der Waals surface area contributed by atoms with Crippen molar-refractivity contribution < 1.29 is 4.74 Å². The molecule has 0 saturated carbocycles. The molecule has 19 heavy (non-hydrogen) atoms. The standard InChI is InChI=1S/C12H15ClN4OS/c1-7-6-19-12(14-7)8(2)15-10-4-9(13)16-11(17-10)5-18-3/h4,6,8H,5H2,1-3H3,(H,15,16,17). The minimum absolute atomic E-state index is 0.0695. The molecule has 1 unspecified atom stereocenters. The number of methoxy groups -OCH3 is 1. The number of hydrogen-bond donors (Lipinski definition) is 1. The lowest BCUT2D eigenvalue weighted by Gasteiger charge is -2.12. The van der Waals surface area contributed by atoms with Crippen molar-refractivity contribution in [1.82, 2.24) is 15.0 Å². The summed E-state index contributed by atoms with van der Waals surface area (Å²) < 4.78 is 5.01. The van der Waals surface area contributed by atoms with Crippen LogP contribution >= 0.6 is 22.9 Å². The summed E-state index contributed by atoms with van der Waals surface area (Å²) in [6.07, 6.45) is 0.